The van der Waals surface area contributed by atoms with Crippen molar-refractivity contribution in [2.45, 2.75) is 49.5 Å². The zero-order chi connectivity index (χ0) is 13.4. The molecule has 17 heavy (non-hydrogen) atoms. The number of carbonyl (C=O) groups is 1. The van der Waals surface area contributed by atoms with Crippen molar-refractivity contribution in [3.05, 3.63) is 0 Å². The summed E-state index contributed by atoms with van der Waals surface area (Å²) in [6, 6.07) is -1.41. The molecule has 0 radical (unpaired) electrons. The minimum atomic E-state index is -2.57. The van der Waals surface area contributed by atoms with E-state index in [1.807, 2.05) is 0 Å². The highest BCUT2D eigenvalue weighted by Crippen LogP contribution is 2.27. The number of carbonyl (C=O) groups excluding carboxylic acids is 1. The zero-order valence-electron chi connectivity index (χ0n) is 9.57. The van der Waals surface area contributed by atoms with Gasteiger partial charge in [0.1, 0.15) is 30.3 Å². The number of carboxylic acid groups (broad SMARTS) is 1. The van der Waals surface area contributed by atoms with Crippen LogP contribution in [0.3, 0.4) is 0 Å². The van der Waals surface area contributed by atoms with Crippen LogP contribution in [0, 0.1) is 0 Å². The first-order valence-corrected chi connectivity index (χ1v) is 5.33. The van der Waals surface area contributed by atoms with Crippen molar-refractivity contribution < 1.29 is 41.4 Å². The minimum absolute atomic E-state index is 0.521. The van der Waals surface area contributed by atoms with Gasteiger partial charge in [-0.25, -0.2) is 0 Å². The molecule has 1 aliphatic heterocycles. The first-order valence-electron chi connectivity index (χ1n) is 5.33. The third-order valence-corrected chi connectivity index (χ3v) is 3.09. The molecule has 9 N–H and O–H groups in total. The van der Waals surface area contributed by atoms with Crippen molar-refractivity contribution in [2.24, 2.45) is 0 Å². The van der Waals surface area contributed by atoms with Crippen LogP contribution in [0.1, 0.15) is 13.3 Å². The van der Waals surface area contributed by atoms with E-state index < -0.39 is 48.6 Å². The molecule has 1 fully saturated rings. The molecule has 6 atom stereocenters. The Bertz CT molecular complexity index is 295. The lowest BCUT2D eigenvalue weighted by Crippen LogP contribution is -2.85. The SMILES string of the molecule is C[C@@H](O)[C@@H]([NH3+])[C@@H]1O[C@](O)(C(=O)[O-])C[C@H](O)[C@H]1[NH3+]. The van der Waals surface area contributed by atoms with Gasteiger partial charge in [-0.05, 0) is 6.92 Å². The van der Waals surface area contributed by atoms with Crippen molar-refractivity contribution in [1.29, 1.82) is 0 Å². The number of rotatable bonds is 3. The van der Waals surface area contributed by atoms with Crippen LogP contribution < -0.4 is 16.6 Å². The second-order valence-corrected chi connectivity index (χ2v) is 4.49. The molecule has 1 saturated heterocycles. The van der Waals surface area contributed by atoms with E-state index in [0.717, 1.165) is 0 Å². The Labute approximate surface area is 97.8 Å². The number of carboxylic acids is 1. The van der Waals surface area contributed by atoms with Gasteiger partial charge in [-0.1, -0.05) is 0 Å². The second kappa shape index (κ2) is 4.84. The summed E-state index contributed by atoms with van der Waals surface area (Å²) < 4.78 is 4.99. The third kappa shape index (κ3) is 2.73. The highest BCUT2D eigenvalue weighted by atomic mass is 16.7. The number of hydrogen-bond donors (Lipinski definition) is 5. The fourth-order valence-electron chi connectivity index (χ4n) is 1.83. The van der Waals surface area contributed by atoms with E-state index >= 15 is 0 Å². The summed E-state index contributed by atoms with van der Waals surface area (Å²) >= 11 is 0. The molecule has 1 rings (SSSR count). The average molecular weight is 251 g/mol. The maximum atomic E-state index is 10.8. The first kappa shape index (κ1) is 14.3. The summed E-state index contributed by atoms with van der Waals surface area (Å²) in [5.41, 5.74) is 7.26. The Balaban J connectivity index is 2.93. The zero-order valence-corrected chi connectivity index (χ0v) is 9.57. The Kier molecular flexibility index (Phi) is 4.07. The molecule has 0 amide bonds. The van der Waals surface area contributed by atoms with Crippen LogP contribution >= 0.6 is 0 Å². The van der Waals surface area contributed by atoms with Gasteiger partial charge in [0.25, 0.3) is 0 Å². The lowest BCUT2D eigenvalue weighted by Gasteiger charge is -2.42. The van der Waals surface area contributed by atoms with Gasteiger partial charge in [0.15, 0.2) is 6.10 Å². The molecule has 100 valence electrons. The number of aliphatic hydroxyl groups is 3. The highest BCUT2D eigenvalue weighted by molar-refractivity contribution is 5.73. The van der Waals surface area contributed by atoms with Gasteiger partial charge in [-0.3, -0.25) is 0 Å². The second-order valence-electron chi connectivity index (χ2n) is 4.49. The largest absolute Gasteiger partial charge is 0.544 e. The van der Waals surface area contributed by atoms with E-state index in [2.05, 4.69) is 11.5 Å². The number of aliphatic hydroxyl groups excluding tert-OH is 2. The molecule has 0 aliphatic carbocycles. The summed E-state index contributed by atoms with van der Waals surface area (Å²) in [5.74, 6) is -4.39. The van der Waals surface area contributed by atoms with Crippen LogP contribution in [0.5, 0.6) is 0 Å². The molecule has 1 aliphatic rings. The minimum Gasteiger partial charge on any atom is -0.544 e. The number of quaternary nitrogens is 2. The highest BCUT2D eigenvalue weighted by Gasteiger charge is 2.51. The quantitative estimate of drug-likeness (QED) is 0.335. The van der Waals surface area contributed by atoms with E-state index in [4.69, 9.17) is 4.74 Å². The lowest BCUT2D eigenvalue weighted by molar-refractivity contribution is -0.534. The maximum absolute atomic E-state index is 10.8. The van der Waals surface area contributed by atoms with Crippen molar-refractivity contribution in [3.63, 3.8) is 0 Å². The van der Waals surface area contributed by atoms with Crippen molar-refractivity contribution in [1.82, 2.24) is 0 Å². The lowest BCUT2D eigenvalue weighted by atomic mass is 9.89. The summed E-state index contributed by atoms with van der Waals surface area (Å²) in [5, 5.41) is 39.5. The standard InChI is InChI=1S/C9H18N2O6/c1-3(12)5(10)7-6(11)4(13)2-9(16,17-7)8(14)15/h3-7,12-13,16H,2,10-11H2,1H3,(H,14,15)/p+1/t3-,4+,5-,6-,7+,9+/m1/s1. The molecule has 0 aromatic rings. The van der Waals surface area contributed by atoms with Gasteiger partial charge in [-0.2, -0.15) is 0 Å². The summed E-state index contributed by atoms with van der Waals surface area (Å²) in [4.78, 5) is 10.8. The molecule has 0 spiro atoms. The number of aliphatic carboxylic acids is 1. The first-order chi connectivity index (χ1) is 7.69. The molecular weight excluding hydrogens is 232 g/mol. The van der Waals surface area contributed by atoms with Gasteiger partial charge >= 0.3 is 0 Å². The summed E-state index contributed by atoms with van der Waals surface area (Å²) in [6.07, 6.45) is -3.55. The Morgan fingerprint density at radius 3 is 2.59 bits per heavy atom. The van der Waals surface area contributed by atoms with E-state index in [-0.39, 0.29) is 0 Å². The normalized spacial score (nSPS) is 41.9. The predicted octanol–water partition coefficient (Wildman–Crippen LogP) is -5.82. The number of hydrogen-bond acceptors (Lipinski definition) is 6. The van der Waals surface area contributed by atoms with Gasteiger partial charge in [0.2, 0.25) is 5.79 Å². The fourth-order valence-corrected chi connectivity index (χ4v) is 1.83. The Morgan fingerprint density at radius 2 is 2.18 bits per heavy atom. The fraction of sp³-hybridized carbons (Fsp3) is 0.889. The Morgan fingerprint density at radius 1 is 1.65 bits per heavy atom. The topological polar surface area (TPSA) is 165 Å². The van der Waals surface area contributed by atoms with Crippen LogP contribution in [-0.4, -0.2) is 57.5 Å². The van der Waals surface area contributed by atoms with Crippen LogP contribution in [0.25, 0.3) is 0 Å². The van der Waals surface area contributed by atoms with E-state index in [9.17, 15) is 25.2 Å². The van der Waals surface area contributed by atoms with Crippen LogP contribution in [-0.2, 0) is 9.53 Å². The average Bonchev–Trinajstić information content (AvgIpc) is 2.22. The summed E-state index contributed by atoms with van der Waals surface area (Å²) in [7, 11) is 0. The predicted molar refractivity (Wildman–Crippen MR) is 50.5 cm³/mol. The third-order valence-electron chi connectivity index (χ3n) is 3.09. The van der Waals surface area contributed by atoms with Gasteiger partial charge in [-0.15, -0.1) is 0 Å². The van der Waals surface area contributed by atoms with E-state index in [1.165, 1.54) is 6.92 Å². The number of ether oxygens (including phenoxy) is 1. The van der Waals surface area contributed by atoms with Gasteiger partial charge in [0, 0.05) is 6.42 Å². The monoisotopic (exact) mass is 251 g/mol. The van der Waals surface area contributed by atoms with Gasteiger partial charge in [0.05, 0.1) is 0 Å². The smallest absolute Gasteiger partial charge is 0.210 e. The summed E-state index contributed by atoms with van der Waals surface area (Å²) in [6.45, 7) is 1.45. The van der Waals surface area contributed by atoms with Crippen LogP contribution in [0.4, 0.5) is 0 Å². The molecule has 0 unspecified atom stereocenters. The molecule has 0 aromatic heterocycles. The van der Waals surface area contributed by atoms with Crippen LogP contribution in [0.2, 0.25) is 0 Å². The van der Waals surface area contributed by atoms with E-state index in [0.29, 0.717) is 0 Å². The van der Waals surface area contributed by atoms with Gasteiger partial charge < -0.3 is 41.4 Å². The Hall–Kier alpha value is -0.770. The van der Waals surface area contributed by atoms with Crippen LogP contribution in [0.15, 0.2) is 0 Å². The molecule has 0 bridgehead atoms. The molecule has 8 heteroatoms. The molecular formula is C9H19N2O6+. The maximum Gasteiger partial charge on any atom is 0.210 e. The van der Waals surface area contributed by atoms with E-state index in [1.54, 1.807) is 0 Å². The molecule has 8 nitrogen and oxygen atoms in total. The van der Waals surface area contributed by atoms with Crippen molar-refractivity contribution in [3.8, 4) is 0 Å². The van der Waals surface area contributed by atoms with Crippen molar-refractivity contribution >= 4 is 5.97 Å². The molecule has 0 saturated carbocycles. The molecule has 1 heterocycles. The van der Waals surface area contributed by atoms with Crippen molar-refractivity contribution in [2.75, 3.05) is 0 Å². The molecule has 0 aromatic carbocycles.